The number of benzene rings is 1. The summed E-state index contributed by atoms with van der Waals surface area (Å²) in [5.74, 6) is -0.284. The number of nitrogens with one attached hydrogen (secondary N) is 1. The van der Waals surface area contributed by atoms with E-state index in [0.717, 1.165) is 22.4 Å². The Morgan fingerprint density at radius 2 is 1.44 bits per heavy atom. The van der Waals surface area contributed by atoms with E-state index in [0.29, 0.717) is 25.9 Å². The summed E-state index contributed by atoms with van der Waals surface area (Å²) in [5.41, 5.74) is 3.96. The second kappa shape index (κ2) is 10.7. The molecule has 6 heteroatoms. The Morgan fingerprint density at radius 1 is 0.926 bits per heavy atom. The molecule has 27 heavy (non-hydrogen) atoms. The number of amides is 3. The van der Waals surface area contributed by atoms with Gasteiger partial charge in [-0.15, -0.1) is 0 Å². The lowest BCUT2D eigenvalue weighted by molar-refractivity contribution is -0.134. The predicted molar refractivity (Wildman–Crippen MR) is 109 cm³/mol. The summed E-state index contributed by atoms with van der Waals surface area (Å²) in [6.07, 6.45) is 1.12. The van der Waals surface area contributed by atoms with E-state index in [1.54, 1.807) is 11.9 Å². The molecule has 0 aliphatic rings. The number of anilines is 1. The lowest BCUT2D eigenvalue weighted by atomic mass is 10.1. The van der Waals surface area contributed by atoms with E-state index < -0.39 is 0 Å². The number of nitrogens with zero attached hydrogens (tertiary/aromatic N) is 2. The van der Waals surface area contributed by atoms with Crippen LogP contribution in [0.2, 0.25) is 0 Å². The Balaban J connectivity index is 2.49. The summed E-state index contributed by atoms with van der Waals surface area (Å²) in [6, 6.07) is 4.04. The number of carbonyl (C=O) groups excluding carboxylic acids is 3. The average Bonchev–Trinajstić information content (AvgIpc) is 2.59. The molecule has 0 fully saturated rings. The number of likely N-dealkylation sites (N-methyl/N-ethyl adjacent to an activating group) is 1. The van der Waals surface area contributed by atoms with Crippen LogP contribution in [-0.2, 0) is 14.4 Å². The monoisotopic (exact) mass is 375 g/mol. The summed E-state index contributed by atoms with van der Waals surface area (Å²) >= 11 is 0. The Labute approximate surface area is 162 Å². The fourth-order valence-corrected chi connectivity index (χ4v) is 3.18. The zero-order valence-corrected chi connectivity index (χ0v) is 17.5. The predicted octanol–water partition coefficient (Wildman–Crippen LogP) is 3.05. The van der Waals surface area contributed by atoms with Crippen LogP contribution in [-0.4, -0.2) is 54.2 Å². The van der Waals surface area contributed by atoms with Gasteiger partial charge in [-0.3, -0.25) is 14.4 Å². The zero-order chi connectivity index (χ0) is 20.6. The van der Waals surface area contributed by atoms with Gasteiger partial charge in [0, 0.05) is 38.7 Å². The zero-order valence-electron chi connectivity index (χ0n) is 17.5. The van der Waals surface area contributed by atoms with Crippen LogP contribution in [0.25, 0.3) is 0 Å². The summed E-state index contributed by atoms with van der Waals surface area (Å²) in [7, 11) is 1.61. The maximum Gasteiger partial charge on any atom is 0.243 e. The summed E-state index contributed by atoms with van der Waals surface area (Å²) in [6.45, 7) is 11.2. The van der Waals surface area contributed by atoms with Gasteiger partial charge in [-0.25, -0.2) is 0 Å². The molecular formula is C21H33N3O3. The molecule has 1 aromatic carbocycles. The third-order valence-electron chi connectivity index (χ3n) is 4.65. The molecule has 1 aromatic rings. The number of hydrogen-bond acceptors (Lipinski definition) is 3. The molecule has 0 aromatic heterocycles. The third kappa shape index (κ3) is 7.04. The van der Waals surface area contributed by atoms with Gasteiger partial charge < -0.3 is 15.1 Å². The van der Waals surface area contributed by atoms with Crippen LogP contribution >= 0.6 is 0 Å². The van der Waals surface area contributed by atoms with Crippen LogP contribution in [0.15, 0.2) is 12.1 Å². The van der Waals surface area contributed by atoms with E-state index in [1.807, 2.05) is 46.8 Å². The molecule has 0 saturated carbocycles. The molecule has 0 unspecified atom stereocenters. The quantitative estimate of drug-likeness (QED) is 0.721. The number of rotatable bonds is 9. The van der Waals surface area contributed by atoms with Gasteiger partial charge in [0.2, 0.25) is 17.7 Å². The molecule has 3 amide bonds. The van der Waals surface area contributed by atoms with Crippen LogP contribution in [0.1, 0.15) is 49.8 Å². The molecule has 6 nitrogen and oxygen atoms in total. The lowest BCUT2D eigenvalue weighted by Gasteiger charge is -2.20. The van der Waals surface area contributed by atoms with Crippen molar-refractivity contribution in [1.29, 1.82) is 0 Å². The molecule has 150 valence electrons. The van der Waals surface area contributed by atoms with Gasteiger partial charge in [0.25, 0.3) is 0 Å². The molecule has 0 aliphatic carbocycles. The van der Waals surface area contributed by atoms with E-state index in [-0.39, 0.29) is 30.7 Å². The van der Waals surface area contributed by atoms with Crippen molar-refractivity contribution in [3.63, 3.8) is 0 Å². The molecule has 0 heterocycles. The Kier molecular flexibility index (Phi) is 8.98. The largest absolute Gasteiger partial charge is 0.343 e. The SMILES string of the molecule is CCN(CC)C(=O)CCCC(=O)N(C)CC(=O)Nc1c(C)cc(C)cc1C. The van der Waals surface area contributed by atoms with Gasteiger partial charge >= 0.3 is 0 Å². The van der Waals surface area contributed by atoms with Crippen LogP contribution < -0.4 is 5.32 Å². The van der Waals surface area contributed by atoms with Crippen LogP contribution in [0.3, 0.4) is 0 Å². The second-order valence-corrected chi connectivity index (χ2v) is 6.99. The maximum absolute atomic E-state index is 12.3. The van der Waals surface area contributed by atoms with E-state index in [1.165, 1.54) is 4.90 Å². The highest BCUT2D eigenvalue weighted by molar-refractivity contribution is 5.95. The lowest BCUT2D eigenvalue weighted by Crippen LogP contribution is -2.35. The molecule has 0 radical (unpaired) electrons. The van der Waals surface area contributed by atoms with E-state index >= 15 is 0 Å². The fourth-order valence-electron chi connectivity index (χ4n) is 3.18. The summed E-state index contributed by atoms with van der Waals surface area (Å²) < 4.78 is 0. The molecule has 0 bridgehead atoms. The van der Waals surface area contributed by atoms with Crippen molar-refractivity contribution in [2.75, 3.05) is 32.0 Å². The number of hydrogen-bond donors (Lipinski definition) is 1. The topological polar surface area (TPSA) is 69.7 Å². The first-order valence-corrected chi connectivity index (χ1v) is 9.59. The standard InChI is InChI=1S/C21H33N3O3/c1-7-24(8-2)20(27)11-9-10-19(26)23(6)14-18(25)22-21-16(4)12-15(3)13-17(21)5/h12-13H,7-11,14H2,1-6H3,(H,22,25). The highest BCUT2D eigenvalue weighted by Gasteiger charge is 2.16. The normalized spacial score (nSPS) is 10.4. The maximum atomic E-state index is 12.3. The highest BCUT2D eigenvalue weighted by Crippen LogP contribution is 2.21. The van der Waals surface area contributed by atoms with Crippen molar-refractivity contribution in [2.45, 2.75) is 53.9 Å². The van der Waals surface area contributed by atoms with Crippen molar-refractivity contribution in [1.82, 2.24) is 9.80 Å². The first kappa shape index (κ1) is 22.7. The third-order valence-corrected chi connectivity index (χ3v) is 4.65. The minimum absolute atomic E-state index is 0.00438. The van der Waals surface area contributed by atoms with Gasteiger partial charge in [-0.2, -0.15) is 0 Å². The molecule has 1 rings (SSSR count). The molecule has 0 spiro atoms. The minimum atomic E-state index is -0.222. The van der Waals surface area contributed by atoms with Crippen molar-refractivity contribution < 1.29 is 14.4 Å². The fraction of sp³-hybridized carbons (Fsp3) is 0.571. The first-order chi connectivity index (χ1) is 12.7. The van der Waals surface area contributed by atoms with Gasteiger partial charge in [0.05, 0.1) is 6.54 Å². The summed E-state index contributed by atoms with van der Waals surface area (Å²) in [5, 5.41) is 2.90. The van der Waals surface area contributed by atoms with Crippen molar-refractivity contribution in [2.24, 2.45) is 0 Å². The van der Waals surface area contributed by atoms with Crippen molar-refractivity contribution in [3.05, 3.63) is 28.8 Å². The van der Waals surface area contributed by atoms with Crippen molar-refractivity contribution in [3.8, 4) is 0 Å². The second-order valence-electron chi connectivity index (χ2n) is 6.99. The molecular weight excluding hydrogens is 342 g/mol. The van der Waals surface area contributed by atoms with Crippen LogP contribution in [0.5, 0.6) is 0 Å². The van der Waals surface area contributed by atoms with Crippen molar-refractivity contribution >= 4 is 23.4 Å². The van der Waals surface area contributed by atoms with E-state index in [2.05, 4.69) is 5.32 Å². The first-order valence-electron chi connectivity index (χ1n) is 9.59. The molecule has 0 aliphatic heterocycles. The summed E-state index contributed by atoms with van der Waals surface area (Å²) in [4.78, 5) is 39.7. The number of aryl methyl sites for hydroxylation is 3. The molecule has 0 atom stereocenters. The Hall–Kier alpha value is -2.37. The Morgan fingerprint density at radius 3 is 1.96 bits per heavy atom. The Bertz CT molecular complexity index is 658. The van der Waals surface area contributed by atoms with Gasteiger partial charge in [-0.1, -0.05) is 17.7 Å². The van der Waals surface area contributed by atoms with Crippen LogP contribution in [0.4, 0.5) is 5.69 Å². The van der Waals surface area contributed by atoms with Gasteiger partial charge in [-0.05, 0) is 52.2 Å². The minimum Gasteiger partial charge on any atom is -0.343 e. The number of carbonyl (C=O) groups is 3. The van der Waals surface area contributed by atoms with Crippen LogP contribution in [0, 0.1) is 20.8 Å². The van der Waals surface area contributed by atoms with Gasteiger partial charge in [0.15, 0.2) is 0 Å². The smallest absolute Gasteiger partial charge is 0.243 e. The van der Waals surface area contributed by atoms with E-state index in [4.69, 9.17) is 0 Å². The van der Waals surface area contributed by atoms with Gasteiger partial charge in [0.1, 0.15) is 0 Å². The highest BCUT2D eigenvalue weighted by atomic mass is 16.2. The average molecular weight is 376 g/mol. The molecule has 0 saturated heterocycles. The molecule has 1 N–H and O–H groups in total. The van der Waals surface area contributed by atoms with E-state index in [9.17, 15) is 14.4 Å².